The Hall–Kier alpha value is -0.0400. The van der Waals surface area contributed by atoms with Gasteiger partial charge in [0.1, 0.15) is 0 Å². The van der Waals surface area contributed by atoms with Gasteiger partial charge < -0.3 is 5.11 Å². The molecular formula is C17H34O. The quantitative estimate of drug-likeness (QED) is 0.485. The van der Waals surface area contributed by atoms with Gasteiger partial charge in [-0.1, -0.05) is 89.9 Å². The van der Waals surface area contributed by atoms with Crippen LogP contribution >= 0.6 is 0 Å². The molecule has 18 heavy (non-hydrogen) atoms. The summed E-state index contributed by atoms with van der Waals surface area (Å²) in [5, 5.41) is 8.67. The first-order valence-corrected chi connectivity index (χ1v) is 8.54. The number of hydrogen-bond donors (Lipinski definition) is 1. The van der Waals surface area contributed by atoms with Crippen molar-refractivity contribution in [3.8, 4) is 0 Å². The molecule has 1 aliphatic carbocycles. The molecule has 1 aliphatic rings. The molecule has 1 N–H and O–H groups in total. The molecule has 0 amide bonds. The largest absolute Gasteiger partial charge is 0.396 e. The van der Waals surface area contributed by atoms with Crippen LogP contribution < -0.4 is 0 Å². The van der Waals surface area contributed by atoms with Crippen molar-refractivity contribution < 1.29 is 5.11 Å². The molecule has 0 aromatic carbocycles. The molecule has 1 saturated carbocycles. The Morgan fingerprint density at radius 1 is 0.611 bits per heavy atom. The molecule has 0 heterocycles. The van der Waals surface area contributed by atoms with E-state index in [1.54, 1.807) is 0 Å². The van der Waals surface area contributed by atoms with Gasteiger partial charge in [0.15, 0.2) is 0 Å². The van der Waals surface area contributed by atoms with E-state index in [0.717, 1.165) is 12.3 Å². The van der Waals surface area contributed by atoms with Crippen molar-refractivity contribution in [2.75, 3.05) is 6.61 Å². The average molecular weight is 254 g/mol. The second kappa shape index (κ2) is 12.0. The Morgan fingerprint density at radius 3 is 1.67 bits per heavy atom. The topological polar surface area (TPSA) is 20.2 Å². The van der Waals surface area contributed by atoms with Crippen molar-refractivity contribution >= 4 is 0 Å². The fraction of sp³-hybridized carbons (Fsp3) is 1.00. The van der Waals surface area contributed by atoms with E-state index in [0.29, 0.717) is 6.61 Å². The molecule has 0 aromatic heterocycles. The normalized spacial score (nSPS) is 17.2. The maximum Gasteiger partial charge on any atom is 0.0431 e. The van der Waals surface area contributed by atoms with E-state index in [1.807, 2.05) is 0 Å². The molecule has 0 radical (unpaired) electrons. The minimum atomic E-state index is 0.376. The molecule has 0 bridgehead atoms. The minimum Gasteiger partial charge on any atom is -0.396 e. The van der Waals surface area contributed by atoms with Crippen molar-refractivity contribution in [3.05, 3.63) is 0 Å². The Morgan fingerprint density at radius 2 is 1.11 bits per heavy atom. The summed E-state index contributed by atoms with van der Waals surface area (Å²) in [7, 11) is 0. The Balaban J connectivity index is 1.73. The van der Waals surface area contributed by atoms with Crippen LogP contribution in [0, 0.1) is 5.92 Å². The smallest absolute Gasteiger partial charge is 0.0431 e. The first-order chi connectivity index (χ1) is 8.93. The lowest BCUT2D eigenvalue weighted by atomic mass is 9.85. The number of aliphatic hydroxyl groups excluding tert-OH is 1. The molecule has 0 aliphatic heterocycles. The lowest BCUT2D eigenvalue weighted by molar-refractivity contribution is 0.282. The third-order valence-electron chi connectivity index (χ3n) is 4.50. The van der Waals surface area contributed by atoms with Crippen LogP contribution in [0.25, 0.3) is 0 Å². The molecule has 1 fully saturated rings. The molecule has 0 aromatic rings. The number of rotatable bonds is 11. The minimum absolute atomic E-state index is 0.376. The highest BCUT2D eigenvalue weighted by Crippen LogP contribution is 2.28. The van der Waals surface area contributed by atoms with Gasteiger partial charge >= 0.3 is 0 Å². The van der Waals surface area contributed by atoms with E-state index in [1.165, 1.54) is 89.9 Å². The third kappa shape index (κ3) is 8.97. The molecule has 0 spiro atoms. The monoisotopic (exact) mass is 254 g/mol. The van der Waals surface area contributed by atoms with E-state index in [9.17, 15) is 0 Å². The Labute approximate surface area is 114 Å². The van der Waals surface area contributed by atoms with Gasteiger partial charge in [0.25, 0.3) is 0 Å². The molecule has 108 valence electrons. The van der Waals surface area contributed by atoms with E-state index in [4.69, 9.17) is 5.11 Å². The summed E-state index contributed by atoms with van der Waals surface area (Å²) in [6.45, 7) is 0.376. The summed E-state index contributed by atoms with van der Waals surface area (Å²) in [4.78, 5) is 0. The summed E-state index contributed by atoms with van der Waals surface area (Å²) in [5.74, 6) is 1.08. The van der Waals surface area contributed by atoms with Crippen LogP contribution in [0.5, 0.6) is 0 Å². The van der Waals surface area contributed by atoms with Gasteiger partial charge in [-0.15, -0.1) is 0 Å². The average Bonchev–Trinajstić information content (AvgIpc) is 2.42. The van der Waals surface area contributed by atoms with Gasteiger partial charge in [-0.3, -0.25) is 0 Å². The highest BCUT2D eigenvalue weighted by molar-refractivity contribution is 4.65. The molecule has 1 heteroatoms. The molecule has 1 rings (SSSR count). The van der Waals surface area contributed by atoms with Gasteiger partial charge in [-0.2, -0.15) is 0 Å². The van der Waals surface area contributed by atoms with Crippen molar-refractivity contribution in [1.29, 1.82) is 0 Å². The van der Waals surface area contributed by atoms with Gasteiger partial charge in [-0.25, -0.2) is 0 Å². The van der Waals surface area contributed by atoms with Crippen LogP contribution in [0.1, 0.15) is 96.3 Å². The summed E-state index contributed by atoms with van der Waals surface area (Å²) in [5.41, 5.74) is 0. The highest BCUT2D eigenvalue weighted by Gasteiger charge is 2.12. The lowest BCUT2D eigenvalue weighted by Crippen LogP contribution is -2.05. The second-order valence-corrected chi connectivity index (χ2v) is 6.20. The zero-order chi connectivity index (χ0) is 12.9. The zero-order valence-corrected chi connectivity index (χ0v) is 12.3. The van der Waals surface area contributed by atoms with Crippen molar-refractivity contribution in [2.24, 2.45) is 5.92 Å². The number of hydrogen-bond acceptors (Lipinski definition) is 1. The molecule has 0 saturated heterocycles. The van der Waals surface area contributed by atoms with E-state index >= 15 is 0 Å². The first kappa shape index (κ1) is 16.0. The van der Waals surface area contributed by atoms with E-state index in [2.05, 4.69) is 0 Å². The van der Waals surface area contributed by atoms with Gasteiger partial charge in [0.2, 0.25) is 0 Å². The highest BCUT2D eigenvalue weighted by atomic mass is 16.2. The standard InChI is InChI=1S/C17H34O/c18-16-12-7-5-3-1-2-4-6-9-13-17-14-10-8-11-15-17/h17-18H,1-16H2. The maximum atomic E-state index is 8.67. The Kier molecular flexibility index (Phi) is 10.7. The van der Waals surface area contributed by atoms with Gasteiger partial charge in [0.05, 0.1) is 0 Å². The number of unbranched alkanes of at least 4 members (excludes halogenated alkanes) is 8. The van der Waals surface area contributed by atoms with Crippen LogP contribution in [0.2, 0.25) is 0 Å². The lowest BCUT2D eigenvalue weighted by Gasteiger charge is -2.21. The van der Waals surface area contributed by atoms with Crippen molar-refractivity contribution in [3.63, 3.8) is 0 Å². The second-order valence-electron chi connectivity index (χ2n) is 6.20. The van der Waals surface area contributed by atoms with Crippen LogP contribution in [-0.4, -0.2) is 11.7 Å². The Bertz CT molecular complexity index is 161. The summed E-state index contributed by atoms with van der Waals surface area (Å²) >= 11 is 0. The number of aliphatic hydroxyl groups is 1. The fourth-order valence-corrected chi connectivity index (χ4v) is 3.26. The first-order valence-electron chi connectivity index (χ1n) is 8.54. The predicted octanol–water partition coefficient (Wildman–Crippen LogP) is 5.46. The van der Waals surface area contributed by atoms with Crippen molar-refractivity contribution in [1.82, 2.24) is 0 Å². The molecular weight excluding hydrogens is 220 g/mol. The summed E-state index contributed by atoms with van der Waals surface area (Å²) in [6, 6.07) is 0. The molecule has 0 unspecified atom stereocenters. The van der Waals surface area contributed by atoms with E-state index in [-0.39, 0.29) is 0 Å². The predicted molar refractivity (Wildman–Crippen MR) is 79.8 cm³/mol. The summed E-state index contributed by atoms with van der Waals surface area (Å²) < 4.78 is 0. The van der Waals surface area contributed by atoms with Crippen LogP contribution in [0.4, 0.5) is 0 Å². The summed E-state index contributed by atoms with van der Waals surface area (Å²) in [6.07, 6.45) is 21.2. The fourth-order valence-electron chi connectivity index (χ4n) is 3.26. The van der Waals surface area contributed by atoms with Crippen LogP contribution in [-0.2, 0) is 0 Å². The third-order valence-corrected chi connectivity index (χ3v) is 4.50. The van der Waals surface area contributed by atoms with Gasteiger partial charge in [0, 0.05) is 6.61 Å². The molecule has 1 nitrogen and oxygen atoms in total. The zero-order valence-electron chi connectivity index (χ0n) is 12.3. The van der Waals surface area contributed by atoms with Crippen LogP contribution in [0.15, 0.2) is 0 Å². The maximum absolute atomic E-state index is 8.67. The van der Waals surface area contributed by atoms with Crippen molar-refractivity contribution in [2.45, 2.75) is 96.3 Å². The SMILES string of the molecule is OCCCCCCCCCCCC1CCCCC1. The molecule has 0 atom stereocenters. The van der Waals surface area contributed by atoms with E-state index < -0.39 is 0 Å². The van der Waals surface area contributed by atoms with Crippen LogP contribution in [0.3, 0.4) is 0 Å². The van der Waals surface area contributed by atoms with Gasteiger partial charge in [-0.05, 0) is 12.3 Å².